The Morgan fingerprint density at radius 2 is 1.83 bits per heavy atom. The van der Waals surface area contributed by atoms with Gasteiger partial charge in [-0.15, -0.1) is 0 Å². The van der Waals surface area contributed by atoms with Gasteiger partial charge in [-0.2, -0.15) is 4.72 Å². The molecule has 0 fully saturated rings. The minimum absolute atomic E-state index is 0.118. The second kappa shape index (κ2) is 7.92. The van der Waals surface area contributed by atoms with Crippen molar-refractivity contribution >= 4 is 37.5 Å². The highest BCUT2D eigenvalue weighted by Gasteiger charge is 2.24. The van der Waals surface area contributed by atoms with Gasteiger partial charge in [0, 0.05) is 10.2 Å². The van der Waals surface area contributed by atoms with Crippen LogP contribution in [0.25, 0.3) is 0 Å². The summed E-state index contributed by atoms with van der Waals surface area (Å²) in [5.41, 5.74) is 1.65. The molecule has 1 atom stereocenters. The SMILES string of the molecule is CCC(NS(=O)(=O)c1ccc(Br)cc1)C(=O)Nc1cccc(C)c1. The molecular weight excluding hydrogens is 392 g/mol. The molecule has 0 aliphatic rings. The highest BCUT2D eigenvalue weighted by Crippen LogP contribution is 2.16. The number of sulfonamides is 1. The van der Waals surface area contributed by atoms with Crippen molar-refractivity contribution < 1.29 is 13.2 Å². The van der Waals surface area contributed by atoms with Gasteiger partial charge in [-0.3, -0.25) is 4.79 Å². The molecule has 0 saturated heterocycles. The van der Waals surface area contributed by atoms with Crippen LogP contribution in [0.4, 0.5) is 5.69 Å². The Hall–Kier alpha value is -1.70. The third kappa shape index (κ3) is 4.90. The molecule has 0 aliphatic carbocycles. The molecule has 0 aliphatic heterocycles. The Labute approximate surface area is 150 Å². The second-order valence-corrected chi connectivity index (χ2v) is 8.02. The average Bonchev–Trinajstić information content (AvgIpc) is 2.53. The molecule has 0 radical (unpaired) electrons. The summed E-state index contributed by atoms with van der Waals surface area (Å²) in [5.74, 6) is -0.385. The smallest absolute Gasteiger partial charge is 0.242 e. The van der Waals surface area contributed by atoms with Gasteiger partial charge < -0.3 is 5.32 Å². The second-order valence-electron chi connectivity index (χ2n) is 5.39. The molecule has 24 heavy (non-hydrogen) atoms. The van der Waals surface area contributed by atoms with Gasteiger partial charge >= 0.3 is 0 Å². The summed E-state index contributed by atoms with van der Waals surface area (Å²) in [6.45, 7) is 3.67. The van der Waals surface area contributed by atoms with E-state index in [2.05, 4.69) is 26.0 Å². The molecule has 0 spiro atoms. The number of benzene rings is 2. The number of rotatable bonds is 6. The molecule has 5 nitrogen and oxygen atoms in total. The number of hydrogen-bond acceptors (Lipinski definition) is 3. The van der Waals surface area contributed by atoms with Gasteiger partial charge in [0.15, 0.2) is 0 Å². The van der Waals surface area contributed by atoms with E-state index < -0.39 is 16.1 Å². The molecule has 7 heteroatoms. The first-order valence-corrected chi connectivity index (χ1v) is 9.75. The van der Waals surface area contributed by atoms with Gasteiger partial charge in [-0.1, -0.05) is 35.0 Å². The lowest BCUT2D eigenvalue weighted by atomic mass is 10.2. The van der Waals surface area contributed by atoms with Crippen LogP contribution in [-0.4, -0.2) is 20.4 Å². The third-order valence-corrected chi connectivity index (χ3v) is 5.45. The summed E-state index contributed by atoms with van der Waals surface area (Å²) in [7, 11) is -3.77. The maximum atomic E-state index is 12.4. The van der Waals surface area contributed by atoms with Crippen molar-refractivity contribution in [2.24, 2.45) is 0 Å². The molecule has 0 bridgehead atoms. The Morgan fingerprint density at radius 1 is 1.17 bits per heavy atom. The maximum Gasteiger partial charge on any atom is 0.242 e. The highest BCUT2D eigenvalue weighted by molar-refractivity contribution is 9.10. The minimum Gasteiger partial charge on any atom is -0.325 e. The lowest BCUT2D eigenvalue weighted by Gasteiger charge is -2.17. The summed E-state index contributed by atoms with van der Waals surface area (Å²) < 4.78 is 28.1. The number of halogens is 1. The predicted molar refractivity (Wildman–Crippen MR) is 98.4 cm³/mol. The van der Waals surface area contributed by atoms with Gasteiger partial charge in [-0.05, 0) is 55.3 Å². The van der Waals surface area contributed by atoms with Crippen molar-refractivity contribution in [2.75, 3.05) is 5.32 Å². The van der Waals surface area contributed by atoms with E-state index in [0.717, 1.165) is 10.0 Å². The van der Waals surface area contributed by atoms with Crippen LogP contribution in [-0.2, 0) is 14.8 Å². The van der Waals surface area contributed by atoms with Crippen LogP contribution >= 0.6 is 15.9 Å². The van der Waals surface area contributed by atoms with E-state index in [0.29, 0.717) is 12.1 Å². The van der Waals surface area contributed by atoms with Crippen molar-refractivity contribution in [1.29, 1.82) is 0 Å². The molecule has 2 N–H and O–H groups in total. The molecule has 1 amide bonds. The minimum atomic E-state index is -3.77. The summed E-state index contributed by atoms with van der Waals surface area (Å²) in [6, 6.07) is 12.7. The van der Waals surface area contributed by atoms with Gasteiger partial charge in [0.25, 0.3) is 0 Å². The highest BCUT2D eigenvalue weighted by atomic mass is 79.9. The number of nitrogens with one attached hydrogen (secondary N) is 2. The van der Waals surface area contributed by atoms with Crippen LogP contribution < -0.4 is 10.0 Å². The van der Waals surface area contributed by atoms with E-state index in [4.69, 9.17) is 0 Å². The predicted octanol–water partition coefficient (Wildman–Crippen LogP) is 3.45. The van der Waals surface area contributed by atoms with Gasteiger partial charge in [-0.25, -0.2) is 8.42 Å². The fourth-order valence-electron chi connectivity index (χ4n) is 2.14. The largest absolute Gasteiger partial charge is 0.325 e. The Morgan fingerprint density at radius 3 is 2.42 bits per heavy atom. The van der Waals surface area contributed by atoms with E-state index in [9.17, 15) is 13.2 Å². The average molecular weight is 411 g/mol. The zero-order chi connectivity index (χ0) is 17.7. The number of aryl methyl sites for hydroxylation is 1. The first-order valence-electron chi connectivity index (χ1n) is 7.47. The van der Waals surface area contributed by atoms with Crippen LogP contribution in [0.2, 0.25) is 0 Å². The van der Waals surface area contributed by atoms with E-state index in [1.54, 1.807) is 25.1 Å². The van der Waals surface area contributed by atoms with Crippen LogP contribution in [0.3, 0.4) is 0 Å². The topological polar surface area (TPSA) is 75.3 Å². The number of hydrogen-bond donors (Lipinski definition) is 2. The molecule has 2 aromatic rings. The molecule has 2 aromatic carbocycles. The van der Waals surface area contributed by atoms with E-state index >= 15 is 0 Å². The number of carbonyl (C=O) groups is 1. The number of amides is 1. The van der Waals surface area contributed by atoms with Crippen molar-refractivity contribution in [3.63, 3.8) is 0 Å². The van der Waals surface area contributed by atoms with Gasteiger partial charge in [0.2, 0.25) is 15.9 Å². The zero-order valence-corrected chi connectivity index (χ0v) is 15.8. The van der Waals surface area contributed by atoms with E-state index in [1.807, 2.05) is 25.1 Å². The van der Waals surface area contributed by atoms with Crippen LogP contribution in [0.15, 0.2) is 57.9 Å². The van der Waals surface area contributed by atoms with Gasteiger partial charge in [0.1, 0.15) is 6.04 Å². The lowest BCUT2D eigenvalue weighted by Crippen LogP contribution is -2.43. The third-order valence-electron chi connectivity index (χ3n) is 3.43. The van der Waals surface area contributed by atoms with E-state index in [-0.39, 0.29) is 10.8 Å². The Kier molecular flexibility index (Phi) is 6.15. The molecule has 128 valence electrons. The number of carbonyl (C=O) groups excluding carboxylic acids is 1. The van der Waals surface area contributed by atoms with Gasteiger partial charge in [0.05, 0.1) is 4.90 Å². The summed E-state index contributed by atoms with van der Waals surface area (Å²) in [6.07, 6.45) is 0.341. The van der Waals surface area contributed by atoms with Crippen molar-refractivity contribution in [3.05, 3.63) is 58.6 Å². The molecule has 2 rings (SSSR count). The van der Waals surface area contributed by atoms with Crippen molar-refractivity contribution in [1.82, 2.24) is 4.72 Å². The summed E-state index contributed by atoms with van der Waals surface area (Å²) in [4.78, 5) is 12.5. The first kappa shape index (κ1) is 18.6. The summed E-state index contributed by atoms with van der Waals surface area (Å²) >= 11 is 3.26. The first-order chi connectivity index (χ1) is 11.3. The maximum absolute atomic E-state index is 12.4. The summed E-state index contributed by atoms with van der Waals surface area (Å²) in [5, 5.41) is 2.74. The van der Waals surface area contributed by atoms with Crippen LogP contribution in [0.1, 0.15) is 18.9 Å². The van der Waals surface area contributed by atoms with Crippen LogP contribution in [0.5, 0.6) is 0 Å². The molecule has 1 unspecified atom stereocenters. The van der Waals surface area contributed by atoms with E-state index in [1.165, 1.54) is 12.1 Å². The fourth-order valence-corrected chi connectivity index (χ4v) is 3.69. The Bertz CT molecular complexity index is 820. The fraction of sp³-hybridized carbons (Fsp3) is 0.235. The monoisotopic (exact) mass is 410 g/mol. The van der Waals surface area contributed by atoms with Crippen molar-refractivity contribution in [3.8, 4) is 0 Å². The zero-order valence-electron chi connectivity index (χ0n) is 13.4. The Balaban J connectivity index is 2.13. The standard InChI is InChI=1S/C17H19BrN2O3S/c1-3-16(17(21)19-14-6-4-5-12(2)11-14)20-24(22,23)15-9-7-13(18)8-10-15/h4-11,16,20H,3H2,1-2H3,(H,19,21). The number of anilines is 1. The molecule has 0 saturated carbocycles. The molecular formula is C17H19BrN2O3S. The van der Waals surface area contributed by atoms with Crippen LogP contribution in [0, 0.1) is 6.92 Å². The molecule has 0 aromatic heterocycles. The lowest BCUT2D eigenvalue weighted by molar-refractivity contribution is -0.117. The normalized spacial score (nSPS) is 12.6. The molecule has 0 heterocycles. The quantitative estimate of drug-likeness (QED) is 0.765. The van der Waals surface area contributed by atoms with Crippen molar-refractivity contribution in [2.45, 2.75) is 31.2 Å².